The van der Waals surface area contributed by atoms with Gasteiger partial charge in [-0.05, 0) is 73.0 Å². The number of carbonyl (C=O) groups excluding carboxylic acids is 2. The first-order valence-electron chi connectivity index (χ1n) is 12.9. The molecular formula is C29H33N3O5S. The average molecular weight is 536 g/mol. The maximum atomic E-state index is 13.8. The van der Waals surface area contributed by atoms with Crippen molar-refractivity contribution in [3.8, 4) is 11.5 Å². The number of benzene rings is 2. The van der Waals surface area contributed by atoms with Crippen LogP contribution in [-0.4, -0.2) is 54.3 Å². The molecule has 0 saturated carbocycles. The summed E-state index contributed by atoms with van der Waals surface area (Å²) in [5, 5.41) is 5.03. The lowest BCUT2D eigenvalue weighted by atomic mass is 10.1. The van der Waals surface area contributed by atoms with Crippen LogP contribution in [0.3, 0.4) is 0 Å². The molecule has 3 amide bonds. The van der Waals surface area contributed by atoms with Crippen LogP contribution in [-0.2, 0) is 22.6 Å². The van der Waals surface area contributed by atoms with Gasteiger partial charge in [-0.25, -0.2) is 4.79 Å². The van der Waals surface area contributed by atoms with E-state index in [4.69, 9.17) is 14.2 Å². The summed E-state index contributed by atoms with van der Waals surface area (Å²) in [5.74, 6) is 1.25. The molecule has 5 rings (SSSR count). The van der Waals surface area contributed by atoms with Crippen LogP contribution in [0.15, 0.2) is 53.9 Å². The normalized spacial score (nSPS) is 15.9. The fourth-order valence-electron chi connectivity index (χ4n) is 4.66. The van der Waals surface area contributed by atoms with E-state index in [9.17, 15) is 9.59 Å². The van der Waals surface area contributed by atoms with E-state index in [1.165, 1.54) is 0 Å². The zero-order valence-corrected chi connectivity index (χ0v) is 22.6. The highest BCUT2D eigenvalue weighted by atomic mass is 32.1. The summed E-state index contributed by atoms with van der Waals surface area (Å²) in [4.78, 5) is 31.8. The highest BCUT2D eigenvalue weighted by Gasteiger charge is 2.27. The molecule has 2 aliphatic heterocycles. The molecule has 3 heterocycles. The number of nitrogens with one attached hydrogen (secondary N) is 1. The van der Waals surface area contributed by atoms with Crippen LogP contribution >= 0.6 is 11.3 Å². The fraction of sp³-hybridized carbons (Fsp3) is 0.379. The van der Waals surface area contributed by atoms with Gasteiger partial charge in [-0.15, -0.1) is 11.3 Å². The van der Waals surface area contributed by atoms with Gasteiger partial charge in [0.25, 0.3) is 0 Å². The second-order valence-corrected chi connectivity index (χ2v) is 10.7. The molecule has 0 spiro atoms. The summed E-state index contributed by atoms with van der Waals surface area (Å²) in [5.41, 5.74) is 3.77. The lowest BCUT2D eigenvalue weighted by molar-refractivity contribution is -0.133. The molecule has 2 aromatic carbocycles. The second kappa shape index (κ2) is 11.9. The topological polar surface area (TPSA) is 80.3 Å². The van der Waals surface area contributed by atoms with Crippen LogP contribution in [0.5, 0.6) is 11.5 Å². The molecule has 1 fully saturated rings. The first-order valence-corrected chi connectivity index (χ1v) is 13.8. The first-order chi connectivity index (χ1) is 18.5. The van der Waals surface area contributed by atoms with Crippen molar-refractivity contribution in [3.05, 3.63) is 75.5 Å². The van der Waals surface area contributed by atoms with E-state index in [2.05, 4.69) is 18.3 Å². The molecule has 0 aliphatic carbocycles. The van der Waals surface area contributed by atoms with Crippen LogP contribution in [0.1, 0.15) is 34.4 Å². The number of rotatable bonds is 9. The Labute approximate surface area is 227 Å². The third-order valence-electron chi connectivity index (χ3n) is 6.91. The van der Waals surface area contributed by atoms with Gasteiger partial charge in [0.2, 0.25) is 12.7 Å². The van der Waals surface area contributed by atoms with Crippen LogP contribution in [0.25, 0.3) is 0 Å². The van der Waals surface area contributed by atoms with E-state index in [0.29, 0.717) is 37.7 Å². The van der Waals surface area contributed by atoms with E-state index in [1.807, 2.05) is 54.8 Å². The minimum absolute atomic E-state index is 0.0491. The van der Waals surface area contributed by atoms with Crippen molar-refractivity contribution >= 4 is 29.0 Å². The molecule has 38 heavy (non-hydrogen) atoms. The van der Waals surface area contributed by atoms with E-state index in [0.717, 1.165) is 40.1 Å². The van der Waals surface area contributed by atoms with Gasteiger partial charge in [0.1, 0.15) is 6.54 Å². The SMILES string of the molecule is Cc1ccccc1NC(=O)N(CC(=O)N(Cc1ccc2c(c1)OCO2)Cc1sccc1C)CC1CCCO1. The third kappa shape index (κ3) is 6.28. The molecule has 8 nitrogen and oxygen atoms in total. The van der Waals surface area contributed by atoms with Gasteiger partial charge in [-0.1, -0.05) is 24.3 Å². The second-order valence-electron chi connectivity index (χ2n) is 9.72. The van der Waals surface area contributed by atoms with Crippen LogP contribution in [0.2, 0.25) is 0 Å². The minimum Gasteiger partial charge on any atom is -0.454 e. The molecular weight excluding hydrogens is 502 g/mol. The van der Waals surface area contributed by atoms with E-state index in [-0.39, 0.29) is 31.4 Å². The number of nitrogens with zero attached hydrogens (tertiary/aromatic N) is 2. The Hall–Kier alpha value is -3.56. The average Bonchev–Trinajstić information content (AvgIpc) is 3.67. The predicted octanol–water partition coefficient (Wildman–Crippen LogP) is 5.34. The quantitative estimate of drug-likeness (QED) is 0.400. The zero-order valence-electron chi connectivity index (χ0n) is 21.8. The highest BCUT2D eigenvalue weighted by Crippen LogP contribution is 2.33. The number of anilines is 1. The minimum atomic E-state index is -0.307. The molecule has 1 saturated heterocycles. The Balaban J connectivity index is 1.36. The Morgan fingerprint density at radius 3 is 2.61 bits per heavy atom. The number of para-hydroxylation sites is 1. The Bertz CT molecular complexity index is 1290. The van der Waals surface area contributed by atoms with Crippen molar-refractivity contribution in [1.29, 1.82) is 0 Å². The standard InChI is InChI=1S/C29H33N3O5S/c1-20-6-3-4-8-24(20)30-29(34)32(16-23-7-5-12-35-23)18-28(33)31(17-27-21(2)11-13-38-27)15-22-9-10-25-26(14-22)37-19-36-25/h3-4,6,8-11,13-14,23H,5,7,12,15-19H2,1-2H3,(H,30,34). The summed E-state index contributed by atoms with van der Waals surface area (Å²) in [7, 11) is 0. The number of urea groups is 1. The van der Waals surface area contributed by atoms with Crippen molar-refractivity contribution in [2.24, 2.45) is 0 Å². The summed E-state index contributed by atoms with van der Waals surface area (Å²) >= 11 is 1.63. The predicted molar refractivity (Wildman–Crippen MR) is 147 cm³/mol. The number of aryl methyl sites for hydroxylation is 2. The third-order valence-corrected chi connectivity index (χ3v) is 7.92. The zero-order chi connectivity index (χ0) is 26.5. The van der Waals surface area contributed by atoms with Crippen molar-refractivity contribution in [2.75, 3.05) is 31.8 Å². The molecule has 1 aromatic heterocycles. The molecule has 2 aliphatic rings. The molecule has 1 atom stereocenters. The van der Waals surface area contributed by atoms with Gasteiger partial charge in [0.05, 0.1) is 12.6 Å². The molecule has 0 radical (unpaired) electrons. The number of hydrogen-bond donors (Lipinski definition) is 1. The van der Waals surface area contributed by atoms with E-state index < -0.39 is 0 Å². The highest BCUT2D eigenvalue weighted by molar-refractivity contribution is 7.10. The van der Waals surface area contributed by atoms with Gasteiger partial charge in [-0.2, -0.15) is 0 Å². The lowest BCUT2D eigenvalue weighted by Gasteiger charge is -2.29. The Morgan fingerprint density at radius 2 is 1.84 bits per heavy atom. The maximum Gasteiger partial charge on any atom is 0.322 e. The van der Waals surface area contributed by atoms with Crippen molar-refractivity contribution in [3.63, 3.8) is 0 Å². The molecule has 1 unspecified atom stereocenters. The van der Waals surface area contributed by atoms with Crippen molar-refractivity contribution in [1.82, 2.24) is 9.80 Å². The lowest BCUT2D eigenvalue weighted by Crippen LogP contribution is -2.46. The number of amides is 3. The van der Waals surface area contributed by atoms with Gasteiger partial charge in [0, 0.05) is 30.3 Å². The summed E-state index contributed by atoms with van der Waals surface area (Å²) < 4.78 is 16.8. The fourth-order valence-corrected chi connectivity index (χ4v) is 5.58. The van der Waals surface area contributed by atoms with Gasteiger partial charge in [-0.3, -0.25) is 4.79 Å². The van der Waals surface area contributed by atoms with Crippen LogP contribution in [0.4, 0.5) is 10.5 Å². The molecule has 0 bridgehead atoms. The number of fused-ring (bicyclic) bond motifs is 1. The van der Waals surface area contributed by atoms with Gasteiger partial charge >= 0.3 is 6.03 Å². The van der Waals surface area contributed by atoms with Crippen molar-refractivity contribution < 1.29 is 23.8 Å². The number of thiophene rings is 1. The summed E-state index contributed by atoms with van der Waals surface area (Å²) in [6.45, 7) is 6.04. The number of carbonyl (C=O) groups is 2. The summed E-state index contributed by atoms with van der Waals surface area (Å²) in [6, 6.07) is 15.1. The Morgan fingerprint density at radius 1 is 1.00 bits per heavy atom. The van der Waals surface area contributed by atoms with Gasteiger partial charge < -0.3 is 29.3 Å². The number of ether oxygens (including phenoxy) is 3. The van der Waals surface area contributed by atoms with Gasteiger partial charge in [0.15, 0.2) is 11.5 Å². The molecule has 1 N–H and O–H groups in total. The molecule has 9 heteroatoms. The first kappa shape index (κ1) is 26.1. The van der Waals surface area contributed by atoms with Crippen LogP contribution < -0.4 is 14.8 Å². The molecule has 200 valence electrons. The van der Waals surface area contributed by atoms with E-state index in [1.54, 1.807) is 21.1 Å². The van der Waals surface area contributed by atoms with Crippen LogP contribution in [0, 0.1) is 13.8 Å². The van der Waals surface area contributed by atoms with E-state index >= 15 is 0 Å². The summed E-state index contributed by atoms with van der Waals surface area (Å²) in [6.07, 6.45) is 1.75. The Kier molecular flexibility index (Phi) is 8.14. The maximum absolute atomic E-state index is 13.8. The smallest absolute Gasteiger partial charge is 0.322 e. The monoisotopic (exact) mass is 535 g/mol. The molecule has 3 aromatic rings. The van der Waals surface area contributed by atoms with Crippen molar-refractivity contribution in [2.45, 2.75) is 45.9 Å². The number of hydrogen-bond acceptors (Lipinski definition) is 6. The largest absolute Gasteiger partial charge is 0.454 e.